The summed E-state index contributed by atoms with van der Waals surface area (Å²) < 4.78 is 27.4. The summed E-state index contributed by atoms with van der Waals surface area (Å²) in [4.78, 5) is 0. The number of nitrogens with zero attached hydrogens (tertiary/aromatic N) is 1. The second-order valence-electron chi connectivity index (χ2n) is 6.42. The zero-order valence-electron chi connectivity index (χ0n) is 13.6. The number of piperidine rings is 1. The molecule has 0 amide bonds. The van der Waals surface area contributed by atoms with Gasteiger partial charge in [-0.2, -0.15) is 4.31 Å². The van der Waals surface area contributed by atoms with Crippen LogP contribution in [0.3, 0.4) is 0 Å². The topological polar surface area (TPSA) is 49.4 Å². The molecule has 1 rings (SSSR count). The third kappa shape index (κ3) is 5.34. The van der Waals surface area contributed by atoms with Crippen molar-refractivity contribution in [1.29, 1.82) is 0 Å². The van der Waals surface area contributed by atoms with E-state index in [2.05, 4.69) is 33.0 Å². The molecule has 1 aliphatic heterocycles. The standard InChI is InChI=1S/C15H32N2O2S/c1-5-15(6-2)17(11-13(3)4)20(18,19)12-14-8-7-9-16-10-14/h13-16H,5-12H2,1-4H3. The van der Waals surface area contributed by atoms with Crippen molar-refractivity contribution in [1.82, 2.24) is 9.62 Å². The van der Waals surface area contributed by atoms with Gasteiger partial charge in [0.05, 0.1) is 5.75 Å². The van der Waals surface area contributed by atoms with Crippen molar-refractivity contribution >= 4 is 10.0 Å². The molecule has 1 aliphatic rings. The first-order chi connectivity index (χ1) is 9.40. The van der Waals surface area contributed by atoms with Crippen LogP contribution in [0.4, 0.5) is 0 Å². The van der Waals surface area contributed by atoms with Crippen molar-refractivity contribution in [2.75, 3.05) is 25.4 Å². The Labute approximate surface area is 125 Å². The molecule has 1 atom stereocenters. The summed E-state index contributed by atoms with van der Waals surface area (Å²) in [6, 6.07) is 0.152. The maximum Gasteiger partial charge on any atom is 0.214 e. The second kappa shape index (κ2) is 8.35. The van der Waals surface area contributed by atoms with E-state index in [9.17, 15) is 8.42 Å². The quantitative estimate of drug-likeness (QED) is 0.749. The summed E-state index contributed by atoms with van der Waals surface area (Å²) in [5, 5.41) is 3.31. The van der Waals surface area contributed by atoms with Crippen molar-refractivity contribution in [3.05, 3.63) is 0 Å². The fraction of sp³-hybridized carbons (Fsp3) is 1.00. The van der Waals surface area contributed by atoms with Crippen LogP contribution < -0.4 is 5.32 Å². The molecule has 4 nitrogen and oxygen atoms in total. The van der Waals surface area contributed by atoms with Crippen LogP contribution in [0.5, 0.6) is 0 Å². The maximum absolute atomic E-state index is 12.8. The van der Waals surface area contributed by atoms with Crippen molar-refractivity contribution in [3.63, 3.8) is 0 Å². The zero-order valence-corrected chi connectivity index (χ0v) is 14.4. The molecule has 1 unspecified atom stereocenters. The van der Waals surface area contributed by atoms with Gasteiger partial charge >= 0.3 is 0 Å². The molecule has 5 heteroatoms. The normalized spacial score (nSPS) is 21.1. The summed E-state index contributed by atoms with van der Waals surface area (Å²) in [5.74, 6) is 0.955. The summed E-state index contributed by atoms with van der Waals surface area (Å²) in [5.41, 5.74) is 0. The molecule has 120 valence electrons. The first-order valence-electron chi connectivity index (χ1n) is 8.10. The number of hydrogen-bond acceptors (Lipinski definition) is 3. The van der Waals surface area contributed by atoms with E-state index in [0.717, 1.165) is 38.8 Å². The van der Waals surface area contributed by atoms with E-state index in [-0.39, 0.29) is 12.0 Å². The van der Waals surface area contributed by atoms with Gasteiger partial charge in [0.25, 0.3) is 0 Å². The summed E-state index contributed by atoms with van der Waals surface area (Å²) >= 11 is 0. The molecule has 1 saturated heterocycles. The van der Waals surface area contributed by atoms with E-state index in [0.29, 0.717) is 18.2 Å². The Morgan fingerprint density at radius 2 is 1.90 bits per heavy atom. The highest BCUT2D eigenvalue weighted by molar-refractivity contribution is 7.89. The van der Waals surface area contributed by atoms with E-state index in [1.165, 1.54) is 0 Å². The van der Waals surface area contributed by atoms with Gasteiger partial charge < -0.3 is 5.32 Å². The van der Waals surface area contributed by atoms with Gasteiger partial charge in [-0.3, -0.25) is 0 Å². The molecular formula is C15H32N2O2S. The van der Waals surface area contributed by atoms with Gasteiger partial charge in [0.2, 0.25) is 10.0 Å². The Morgan fingerprint density at radius 3 is 2.35 bits per heavy atom. The lowest BCUT2D eigenvalue weighted by Gasteiger charge is -2.33. The van der Waals surface area contributed by atoms with Crippen LogP contribution in [-0.4, -0.2) is 44.2 Å². The van der Waals surface area contributed by atoms with Crippen molar-refractivity contribution in [2.45, 2.75) is 59.4 Å². The van der Waals surface area contributed by atoms with E-state index in [4.69, 9.17) is 0 Å². The Hall–Kier alpha value is -0.130. The third-order valence-corrected chi connectivity index (χ3v) is 6.15. The first kappa shape index (κ1) is 17.9. The number of nitrogens with one attached hydrogen (secondary N) is 1. The van der Waals surface area contributed by atoms with Gasteiger partial charge in [0, 0.05) is 12.6 Å². The van der Waals surface area contributed by atoms with E-state index < -0.39 is 10.0 Å². The molecule has 0 saturated carbocycles. The van der Waals surface area contributed by atoms with Crippen LogP contribution in [0.1, 0.15) is 53.4 Å². The highest BCUT2D eigenvalue weighted by Crippen LogP contribution is 2.21. The number of rotatable bonds is 8. The van der Waals surface area contributed by atoms with E-state index in [1.54, 1.807) is 4.31 Å². The Morgan fingerprint density at radius 1 is 1.25 bits per heavy atom. The molecule has 0 aromatic carbocycles. The molecule has 0 spiro atoms. The molecule has 0 aliphatic carbocycles. The fourth-order valence-electron chi connectivity index (χ4n) is 3.01. The molecule has 0 radical (unpaired) electrons. The monoisotopic (exact) mass is 304 g/mol. The minimum atomic E-state index is -3.15. The average Bonchev–Trinajstić information content (AvgIpc) is 2.39. The second-order valence-corrected chi connectivity index (χ2v) is 8.39. The number of sulfonamides is 1. The zero-order chi connectivity index (χ0) is 15.2. The van der Waals surface area contributed by atoms with Crippen molar-refractivity contribution < 1.29 is 8.42 Å². The van der Waals surface area contributed by atoms with Crippen LogP contribution >= 0.6 is 0 Å². The lowest BCUT2D eigenvalue weighted by molar-refractivity contribution is 0.273. The molecular weight excluding hydrogens is 272 g/mol. The highest BCUT2D eigenvalue weighted by atomic mass is 32.2. The van der Waals surface area contributed by atoms with Gasteiger partial charge in [-0.25, -0.2) is 8.42 Å². The maximum atomic E-state index is 12.8. The molecule has 20 heavy (non-hydrogen) atoms. The smallest absolute Gasteiger partial charge is 0.214 e. The van der Waals surface area contributed by atoms with Crippen LogP contribution in [0.2, 0.25) is 0 Å². The molecule has 1 N–H and O–H groups in total. The predicted molar refractivity (Wildman–Crippen MR) is 85.3 cm³/mol. The van der Waals surface area contributed by atoms with E-state index in [1.807, 2.05) is 0 Å². The third-order valence-electron chi connectivity index (χ3n) is 4.10. The fourth-order valence-corrected chi connectivity index (χ4v) is 5.35. The van der Waals surface area contributed by atoms with Gasteiger partial charge in [-0.15, -0.1) is 0 Å². The van der Waals surface area contributed by atoms with E-state index >= 15 is 0 Å². The van der Waals surface area contributed by atoms with Gasteiger partial charge in [0.1, 0.15) is 0 Å². The minimum Gasteiger partial charge on any atom is -0.316 e. The molecule has 0 aromatic rings. The summed E-state index contributed by atoms with van der Waals surface area (Å²) in [6.45, 7) is 10.9. The average molecular weight is 305 g/mol. The van der Waals surface area contributed by atoms with Gasteiger partial charge in [-0.1, -0.05) is 27.7 Å². The number of hydrogen-bond donors (Lipinski definition) is 1. The van der Waals surface area contributed by atoms with Crippen molar-refractivity contribution in [2.24, 2.45) is 11.8 Å². The van der Waals surface area contributed by atoms with Crippen LogP contribution in [0.15, 0.2) is 0 Å². The molecule has 0 bridgehead atoms. The van der Waals surface area contributed by atoms with Gasteiger partial charge in [0.15, 0.2) is 0 Å². The first-order valence-corrected chi connectivity index (χ1v) is 9.71. The van der Waals surface area contributed by atoms with Gasteiger partial charge in [-0.05, 0) is 50.6 Å². The van der Waals surface area contributed by atoms with Crippen LogP contribution in [-0.2, 0) is 10.0 Å². The molecule has 1 fully saturated rings. The largest absolute Gasteiger partial charge is 0.316 e. The summed E-state index contributed by atoms with van der Waals surface area (Å²) in [7, 11) is -3.15. The van der Waals surface area contributed by atoms with Crippen LogP contribution in [0.25, 0.3) is 0 Å². The molecule has 0 aromatic heterocycles. The minimum absolute atomic E-state index is 0.152. The predicted octanol–water partition coefficient (Wildman–Crippen LogP) is 2.46. The Bertz CT molecular complexity index is 358. The Balaban J connectivity index is 2.79. The Kier molecular flexibility index (Phi) is 7.48. The molecule has 1 heterocycles. The summed E-state index contributed by atoms with van der Waals surface area (Å²) in [6.07, 6.45) is 3.91. The highest BCUT2D eigenvalue weighted by Gasteiger charge is 2.31. The van der Waals surface area contributed by atoms with Crippen molar-refractivity contribution in [3.8, 4) is 0 Å². The SMILES string of the molecule is CCC(CC)N(CC(C)C)S(=O)(=O)CC1CCCNC1. The van der Waals surface area contributed by atoms with Crippen LogP contribution in [0, 0.1) is 11.8 Å². The lowest BCUT2D eigenvalue weighted by Crippen LogP contribution is -2.45. The lowest BCUT2D eigenvalue weighted by atomic mass is 10.0.